The summed E-state index contributed by atoms with van der Waals surface area (Å²) in [5.74, 6) is 0.905. The molecule has 0 saturated carbocycles. The van der Waals surface area contributed by atoms with Crippen LogP contribution in [0.25, 0.3) is 22.0 Å². The molecular formula is C20H15N3O2S. The van der Waals surface area contributed by atoms with Crippen molar-refractivity contribution in [2.45, 2.75) is 6.92 Å². The van der Waals surface area contributed by atoms with Gasteiger partial charge in [0.15, 0.2) is 10.8 Å². The van der Waals surface area contributed by atoms with Crippen molar-refractivity contribution in [3.05, 3.63) is 77.5 Å². The zero-order chi connectivity index (χ0) is 17.9. The Morgan fingerprint density at radius 1 is 1.08 bits per heavy atom. The smallest absolute Gasteiger partial charge is 0.269 e. The predicted molar refractivity (Wildman–Crippen MR) is 102 cm³/mol. The molecule has 1 N–H and O–H groups in total. The van der Waals surface area contributed by atoms with E-state index in [0.717, 1.165) is 11.1 Å². The van der Waals surface area contributed by atoms with Crippen molar-refractivity contribution in [1.29, 1.82) is 0 Å². The van der Waals surface area contributed by atoms with Gasteiger partial charge in [-0.2, -0.15) is 0 Å². The van der Waals surface area contributed by atoms with E-state index in [-0.39, 0.29) is 5.91 Å². The fraction of sp³-hybridized carbons (Fsp3) is 0.0500. The highest BCUT2D eigenvalue weighted by Gasteiger charge is 2.21. The highest BCUT2D eigenvalue weighted by atomic mass is 32.1. The highest BCUT2D eigenvalue weighted by Crippen LogP contribution is 2.34. The van der Waals surface area contributed by atoms with Crippen molar-refractivity contribution in [1.82, 2.24) is 9.97 Å². The van der Waals surface area contributed by atoms with Gasteiger partial charge in [-0.15, -0.1) is 11.3 Å². The van der Waals surface area contributed by atoms with Gasteiger partial charge in [-0.3, -0.25) is 4.79 Å². The Balaban J connectivity index is 1.73. The maximum atomic E-state index is 12.9. The average molecular weight is 361 g/mol. The number of nitrogens with zero attached hydrogens (tertiary/aromatic N) is 2. The first kappa shape index (κ1) is 16.2. The number of aromatic nitrogens is 2. The lowest BCUT2D eigenvalue weighted by atomic mass is 10.1. The standard InChI is InChI=1S/C20H15N3O2S/c1-13-9-10-16(21-12-13)22-19(24)18-17(14-6-3-2-4-7-14)23-20(26-18)15-8-5-11-25-15/h2-12H,1H3,(H,21,22,24). The Hall–Kier alpha value is -3.25. The number of amides is 1. The van der Waals surface area contributed by atoms with Gasteiger partial charge in [-0.1, -0.05) is 36.4 Å². The van der Waals surface area contributed by atoms with Crippen LogP contribution < -0.4 is 5.32 Å². The molecule has 0 unspecified atom stereocenters. The molecule has 0 radical (unpaired) electrons. The first-order valence-electron chi connectivity index (χ1n) is 8.05. The zero-order valence-electron chi connectivity index (χ0n) is 14.0. The summed E-state index contributed by atoms with van der Waals surface area (Å²) in [6.45, 7) is 1.95. The van der Waals surface area contributed by atoms with Crippen molar-refractivity contribution in [3.8, 4) is 22.0 Å². The minimum Gasteiger partial charge on any atom is -0.462 e. The Morgan fingerprint density at radius 3 is 2.62 bits per heavy atom. The highest BCUT2D eigenvalue weighted by molar-refractivity contribution is 7.17. The summed E-state index contributed by atoms with van der Waals surface area (Å²) in [7, 11) is 0. The van der Waals surface area contributed by atoms with Crippen LogP contribution in [0.4, 0.5) is 5.82 Å². The molecule has 0 spiro atoms. The number of aryl methyl sites for hydroxylation is 1. The van der Waals surface area contributed by atoms with Gasteiger partial charge in [0.2, 0.25) is 0 Å². The van der Waals surface area contributed by atoms with E-state index in [2.05, 4.69) is 15.3 Å². The topological polar surface area (TPSA) is 68.0 Å². The summed E-state index contributed by atoms with van der Waals surface area (Å²) >= 11 is 1.30. The monoisotopic (exact) mass is 361 g/mol. The molecule has 4 rings (SSSR count). The summed E-state index contributed by atoms with van der Waals surface area (Å²) in [6, 6.07) is 17.0. The van der Waals surface area contributed by atoms with Gasteiger partial charge in [0.1, 0.15) is 10.7 Å². The number of pyridine rings is 1. The molecule has 0 saturated heterocycles. The van der Waals surface area contributed by atoms with Gasteiger partial charge in [0.05, 0.1) is 12.0 Å². The normalized spacial score (nSPS) is 10.7. The summed E-state index contributed by atoms with van der Waals surface area (Å²) in [5.41, 5.74) is 2.54. The van der Waals surface area contributed by atoms with Crippen LogP contribution in [0.15, 0.2) is 71.5 Å². The summed E-state index contributed by atoms with van der Waals surface area (Å²) in [6.07, 6.45) is 3.31. The van der Waals surface area contributed by atoms with Gasteiger partial charge in [-0.05, 0) is 30.7 Å². The van der Waals surface area contributed by atoms with Gasteiger partial charge in [0.25, 0.3) is 5.91 Å². The van der Waals surface area contributed by atoms with E-state index in [1.807, 2.05) is 49.4 Å². The molecule has 26 heavy (non-hydrogen) atoms. The molecule has 3 heterocycles. The lowest BCUT2D eigenvalue weighted by molar-refractivity contribution is 0.103. The maximum absolute atomic E-state index is 12.9. The van der Waals surface area contributed by atoms with Gasteiger partial charge >= 0.3 is 0 Å². The molecule has 3 aromatic heterocycles. The molecule has 5 nitrogen and oxygen atoms in total. The molecular weight excluding hydrogens is 346 g/mol. The van der Waals surface area contributed by atoms with Crippen LogP contribution in [0.1, 0.15) is 15.2 Å². The second-order valence-corrected chi connectivity index (χ2v) is 6.71. The minimum atomic E-state index is -0.240. The summed E-state index contributed by atoms with van der Waals surface area (Å²) < 4.78 is 5.44. The lowest BCUT2D eigenvalue weighted by Gasteiger charge is -2.05. The SMILES string of the molecule is Cc1ccc(NC(=O)c2sc(-c3ccco3)nc2-c2ccccc2)nc1. The number of nitrogens with one attached hydrogen (secondary N) is 1. The Kier molecular flexibility index (Phi) is 4.33. The van der Waals surface area contributed by atoms with Crippen LogP contribution in [-0.2, 0) is 0 Å². The minimum absolute atomic E-state index is 0.240. The van der Waals surface area contributed by atoms with Crippen LogP contribution in [0.2, 0.25) is 0 Å². The van der Waals surface area contributed by atoms with Crippen LogP contribution in [0.5, 0.6) is 0 Å². The molecule has 0 aliphatic rings. The van der Waals surface area contributed by atoms with E-state index >= 15 is 0 Å². The first-order chi connectivity index (χ1) is 12.7. The Morgan fingerprint density at radius 2 is 1.92 bits per heavy atom. The third-order valence-corrected chi connectivity index (χ3v) is 4.83. The van der Waals surface area contributed by atoms with Crippen molar-refractivity contribution in [2.75, 3.05) is 5.32 Å². The number of anilines is 1. The van der Waals surface area contributed by atoms with E-state index in [0.29, 0.717) is 27.2 Å². The van der Waals surface area contributed by atoms with Crippen molar-refractivity contribution in [2.24, 2.45) is 0 Å². The van der Waals surface area contributed by atoms with Crippen molar-refractivity contribution < 1.29 is 9.21 Å². The molecule has 0 aliphatic heterocycles. The quantitative estimate of drug-likeness (QED) is 0.554. The second-order valence-electron chi connectivity index (χ2n) is 5.71. The summed E-state index contributed by atoms with van der Waals surface area (Å²) in [5, 5.41) is 3.51. The van der Waals surface area contributed by atoms with E-state index in [1.54, 1.807) is 24.6 Å². The van der Waals surface area contributed by atoms with Crippen LogP contribution in [0, 0.1) is 6.92 Å². The number of carbonyl (C=O) groups excluding carboxylic acids is 1. The van der Waals surface area contributed by atoms with E-state index in [4.69, 9.17) is 4.42 Å². The van der Waals surface area contributed by atoms with Gasteiger partial charge in [0, 0.05) is 11.8 Å². The molecule has 4 aromatic rings. The Labute approximate surface area is 154 Å². The van der Waals surface area contributed by atoms with Crippen LogP contribution in [-0.4, -0.2) is 15.9 Å². The van der Waals surface area contributed by atoms with Crippen LogP contribution >= 0.6 is 11.3 Å². The number of thiazole rings is 1. The zero-order valence-corrected chi connectivity index (χ0v) is 14.8. The fourth-order valence-electron chi connectivity index (χ4n) is 2.49. The fourth-order valence-corrected chi connectivity index (χ4v) is 3.44. The third-order valence-electron chi connectivity index (χ3n) is 3.77. The molecule has 1 aromatic carbocycles. The maximum Gasteiger partial charge on any atom is 0.269 e. The molecule has 128 valence electrons. The number of furan rings is 1. The number of hydrogen-bond donors (Lipinski definition) is 1. The van der Waals surface area contributed by atoms with E-state index in [1.165, 1.54) is 11.3 Å². The van der Waals surface area contributed by atoms with Crippen molar-refractivity contribution in [3.63, 3.8) is 0 Å². The number of rotatable bonds is 4. The van der Waals surface area contributed by atoms with Crippen LogP contribution in [0.3, 0.4) is 0 Å². The Bertz CT molecular complexity index is 1020. The largest absolute Gasteiger partial charge is 0.462 e. The van der Waals surface area contributed by atoms with Crippen molar-refractivity contribution >= 4 is 23.1 Å². The summed E-state index contributed by atoms with van der Waals surface area (Å²) in [4.78, 5) is 22.3. The third kappa shape index (κ3) is 3.27. The van der Waals surface area contributed by atoms with Gasteiger partial charge in [-0.25, -0.2) is 9.97 Å². The first-order valence-corrected chi connectivity index (χ1v) is 8.86. The molecule has 1 amide bonds. The second kappa shape index (κ2) is 6.93. The molecule has 0 fully saturated rings. The number of benzene rings is 1. The van der Waals surface area contributed by atoms with Gasteiger partial charge < -0.3 is 9.73 Å². The average Bonchev–Trinajstić information content (AvgIpc) is 3.34. The lowest BCUT2D eigenvalue weighted by Crippen LogP contribution is -2.12. The molecule has 0 aliphatic carbocycles. The van der Waals surface area contributed by atoms with E-state index in [9.17, 15) is 4.79 Å². The molecule has 0 bridgehead atoms. The number of carbonyl (C=O) groups is 1. The molecule has 6 heteroatoms. The predicted octanol–water partition coefficient (Wildman–Crippen LogP) is 5.03. The van der Waals surface area contributed by atoms with E-state index < -0.39 is 0 Å². The number of hydrogen-bond acceptors (Lipinski definition) is 5. The molecule has 0 atom stereocenters.